The third-order valence-electron chi connectivity index (χ3n) is 1.89. The fourth-order valence-electron chi connectivity index (χ4n) is 1.24. The number of fused-ring (bicyclic) bond motifs is 1. The van der Waals surface area contributed by atoms with Gasteiger partial charge in [0.15, 0.2) is 0 Å². The Hall–Kier alpha value is -1.95. The molecule has 0 amide bonds. The number of nitrogens with zero attached hydrogens (tertiary/aromatic N) is 1. The van der Waals surface area contributed by atoms with Crippen LogP contribution in [0.2, 0.25) is 0 Å². The first-order valence-corrected chi connectivity index (χ1v) is 3.80. The van der Waals surface area contributed by atoms with Crippen LogP contribution in [0.5, 0.6) is 5.75 Å². The Morgan fingerprint density at radius 2 is 2.31 bits per heavy atom. The minimum absolute atomic E-state index is 0.491. The van der Waals surface area contributed by atoms with Gasteiger partial charge in [0.2, 0.25) is 0 Å². The van der Waals surface area contributed by atoms with Crippen molar-refractivity contribution in [2.75, 3.05) is 7.11 Å². The second-order valence-electron chi connectivity index (χ2n) is 2.62. The third-order valence-corrected chi connectivity index (χ3v) is 1.89. The normalized spacial score (nSPS) is 9.85. The number of ether oxygens (including phenoxy) is 1. The standard InChI is InChI=1S/C10H7NO2/c1-12-9-4-7-2-3-13-10(7)5-8(9)6-11/h2-5H,1H3. The Morgan fingerprint density at radius 3 is 3.00 bits per heavy atom. The fraction of sp³-hybridized carbons (Fsp3) is 0.100. The van der Waals surface area contributed by atoms with Gasteiger partial charge in [-0.3, -0.25) is 0 Å². The zero-order chi connectivity index (χ0) is 9.26. The maximum absolute atomic E-state index is 8.77. The number of nitriles is 1. The van der Waals surface area contributed by atoms with E-state index >= 15 is 0 Å². The minimum Gasteiger partial charge on any atom is -0.495 e. The Labute approximate surface area is 75.1 Å². The van der Waals surface area contributed by atoms with Crippen LogP contribution in [-0.2, 0) is 0 Å². The van der Waals surface area contributed by atoms with Crippen molar-refractivity contribution in [3.63, 3.8) is 0 Å². The molecular formula is C10H7NO2. The van der Waals surface area contributed by atoms with Crippen molar-refractivity contribution >= 4 is 11.0 Å². The van der Waals surface area contributed by atoms with Gasteiger partial charge in [-0.05, 0) is 12.1 Å². The molecule has 2 aromatic rings. The van der Waals surface area contributed by atoms with Crippen LogP contribution >= 0.6 is 0 Å². The topological polar surface area (TPSA) is 46.2 Å². The molecule has 0 bridgehead atoms. The third kappa shape index (κ3) is 1.13. The van der Waals surface area contributed by atoms with Crippen LogP contribution in [0.3, 0.4) is 0 Å². The van der Waals surface area contributed by atoms with Crippen molar-refractivity contribution in [1.82, 2.24) is 0 Å². The summed E-state index contributed by atoms with van der Waals surface area (Å²) in [5, 5.41) is 9.72. The molecule has 0 spiro atoms. The van der Waals surface area contributed by atoms with E-state index in [-0.39, 0.29) is 0 Å². The predicted molar refractivity (Wildman–Crippen MR) is 47.5 cm³/mol. The van der Waals surface area contributed by atoms with Gasteiger partial charge in [-0.15, -0.1) is 0 Å². The van der Waals surface area contributed by atoms with Gasteiger partial charge in [-0.2, -0.15) is 5.26 Å². The van der Waals surface area contributed by atoms with E-state index in [1.807, 2.05) is 12.1 Å². The first-order chi connectivity index (χ1) is 6.35. The molecule has 3 heteroatoms. The van der Waals surface area contributed by atoms with E-state index in [2.05, 4.69) is 0 Å². The number of methoxy groups -OCH3 is 1. The quantitative estimate of drug-likeness (QED) is 0.664. The zero-order valence-corrected chi connectivity index (χ0v) is 7.07. The van der Waals surface area contributed by atoms with Crippen LogP contribution in [0.4, 0.5) is 0 Å². The summed E-state index contributed by atoms with van der Waals surface area (Å²) in [7, 11) is 1.54. The summed E-state index contributed by atoms with van der Waals surface area (Å²) in [6.45, 7) is 0. The van der Waals surface area contributed by atoms with E-state index in [4.69, 9.17) is 14.4 Å². The van der Waals surface area contributed by atoms with Gasteiger partial charge >= 0.3 is 0 Å². The van der Waals surface area contributed by atoms with Crippen LogP contribution in [0, 0.1) is 11.3 Å². The molecule has 0 aliphatic carbocycles. The number of benzene rings is 1. The molecule has 1 aromatic carbocycles. The SMILES string of the molecule is COc1cc2ccoc2cc1C#N. The lowest BCUT2D eigenvalue weighted by Crippen LogP contribution is -1.86. The molecule has 64 valence electrons. The lowest BCUT2D eigenvalue weighted by Gasteiger charge is -2.00. The molecule has 0 N–H and O–H groups in total. The van der Waals surface area contributed by atoms with E-state index in [0.717, 1.165) is 5.39 Å². The molecule has 0 saturated heterocycles. The summed E-state index contributed by atoms with van der Waals surface area (Å²) >= 11 is 0. The zero-order valence-electron chi connectivity index (χ0n) is 7.07. The van der Waals surface area contributed by atoms with Crippen LogP contribution in [0.15, 0.2) is 28.9 Å². The Morgan fingerprint density at radius 1 is 1.46 bits per heavy atom. The highest BCUT2D eigenvalue weighted by atomic mass is 16.5. The molecule has 1 heterocycles. The van der Waals surface area contributed by atoms with Crippen LogP contribution in [0.25, 0.3) is 11.0 Å². The first kappa shape index (κ1) is 7.69. The highest BCUT2D eigenvalue weighted by Gasteiger charge is 2.05. The number of hydrogen-bond donors (Lipinski definition) is 0. The first-order valence-electron chi connectivity index (χ1n) is 3.80. The maximum Gasteiger partial charge on any atom is 0.137 e. The molecule has 0 unspecified atom stereocenters. The highest BCUT2D eigenvalue weighted by Crippen LogP contribution is 2.25. The summed E-state index contributed by atoms with van der Waals surface area (Å²) in [4.78, 5) is 0. The summed E-state index contributed by atoms with van der Waals surface area (Å²) in [6, 6.07) is 7.34. The maximum atomic E-state index is 8.77. The molecule has 3 nitrogen and oxygen atoms in total. The monoisotopic (exact) mass is 173 g/mol. The lowest BCUT2D eigenvalue weighted by molar-refractivity contribution is 0.414. The van der Waals surface area contributed by atoms with E-state index < -0.39 is 0 Å². The number of hydrogen-bond acceptors (Lipinski definition) is 3. The van der Waals surface area contributed by atoms with Crippen molar-refractivity contribution in [2.24, 2.45) is 0 Å². The van der Waals surface area contributed by atoms with Crippen molar-refractivity contribution in [1.29, 1.82) is 5.26 Å². The van der Waals surface area contributed by atoms with Crippen LogP contribution in [0.1, 0.15) is 5.56 Å². The van der Waals surface area contributed by atoms with Gasteiger partial charge in [0.05, 0.1) is 18.9 Å². The summed E-state index contributed by atoms with van der Waals surface area (Å²) in [5.41, 5.74) is 1.20. The molecule has 0 aliphatic heterocycles. The van der Waals surface area contributed by atoms with E-state index in [1.165, 1.54) is 0 Å². The molecule has 1 aromatic heterocycles. The van der Waals surface area contributed by atoms with Crippen molar-refractivity contribution in [3.8, 4) is 11.8 Å². The van der Waals surface area contributed by atoms with Gasteiger partial charge in [-0.1, -0.05) is 0 Å². The molecular weight excluding hydrogens is 166 g/mol. The van der Waals surface area contributed by atoms with Crippen molar-refractivity contribution < 1.29 is 9.15 Å². The van der Waals surface area contributed by atoms with Gasteiger partial charge < -0.3 is 9.15 Å². The Kier molecular flexibility index (Phi) is 1.67. The van der Waals surface area contributed by atoms with E-state index in [9.17, 15) is 0 Å². The average Bonchev–Trinajstić information content (AvgIpc) is 2.62. The van der Waals surface area contributed by atoms with E-state index in [0.29, 0.717) is 16.9 Å². The largest absolute Gasteiger partial charge is 0.495 e. The summed E-state index contributed by atoms with van der Waals surface area (Å²) in [5.74, 6) is 0.580. The Balaban J connectivity index is 2.76. The van der Waals surface area contributed by atoms with Crippen LogP contribution < -0.4 is 4.74 Å². The molecule has 0 fully saturated rings. The second kappa shape index (κ2) is 2.83. The number of rotatable bonds is 1. The Bertz CT molecular complexity index is 479. The summed E-state index contributed by atoms with van der Waals surface area (Å²) < 4.78 is 10.2. The molecule has 0 radical (unpaired) electrons. The van der Waals surface area contributed by atoms with Gasteiger partial charge in [0.1, 0.15) is 17.4 Å². The van der Waals surface area contributed by atoms with Gasteiger partial charge in [-0.25, -0.2) is 0 Å². The molecule has 2 rings (SSSR count). The molecule has 13 heavy (non-hydrogen) atoms. The molecule has 0 atom stereocenters. The highest BCUT2D eigenvalue weighted by molar-refractivity contribution is 5.81. The molecule has 0 saturated carbocycles. The predicted octanol–water partition coefficient (Wildman–Crippen LogP) is 2.31. The molecule has 0 aliphatic rings. The van der Waals surface area contributed by atoms with E-state index in [1.54, 1.807) is 25.5 Å². The summed E-state index contributed by atoms with van der Waals surface area (Å²) in [6.07, 6.45) is 1.59. The van der Waals surface area contributed by atoms with Crippen molar-refractivity contribution in [3.05, 3.63) is 30.0 Å². The lowest BCUT2D eigenvalue weighted by atomic mass is 10.1. The second-order valence-corrected chi connectivity index (χ2v) is 2.62. The smallest absolute Gasteiger partial charge is 0.137 e. The number of furan rings is 1. The van der Waals surface area contributed by atoms with Gasteiger partial charge in [0, 0.05) is 11.5 Å². The minimum atomic E-state index is 0.491. The fourth-order valence-corrected chi connectivity index (χ4v) is 1.24. The van der Waals surface area contributed by atoms with Crippen LogP contribution in [-0.4, -0.2) is 7.11 Å². The van der Waals surface area contributed by atoms with Gasteiger partial charge in [0.25, 0.3) is 0 Å². The van der Waals surface area contributed by atoms with Crippen molar-refractivity contribution in [2.45, 2.75) is 0 Å². The average molecular weight is 173 g/mol.